The number of likely N-dealkylation sites (tertiary alicyclic amines) is 1. The van der Waals surface area contributed by atoms with Crippen LogP contribution < -0.4 is 5.32 Å². The molecule has 1 atom stereocenters. The molecule has 0 bridgehead atoms. The molecule has 21 heavy (non-hydrogen) atoms. The summed E-state index contributed by atoms with van der Waals surface area (Å²) < 4.78 is 5.27. The van der Waals surface area contributed by atoms with Crippen LogP contribution >= 0.6 is 0 Å². The second kappa shape index (κ2) is 7.00. The van der Waals surface area contributed by atoms with Gasteiger partial charge in [-0.1, -0.05) is 6.07 Å². The second-order valence-electron chi connectivity index (χ2n) is 5.94. The first-order valence-corrected chi connectivity index (χ1v) is 7.81. The zero-order valence-corrected chi connectivity index (χ0v) is 12.3. The van der Waals surface area contributed by atoms with Gasteiger partial charge in [-0.05, 0) is 31.4 Å². The summed E-state index contributed by atoms with van der Waals surface area (Å²) in [4.78, 5) is 18.8. The van der Waals surface area contributed by atoms with Crippen molar-refractivity contribution >= 4 is 5.91 Å². The van der Waals surface area contributed by atoms with Crippen molar-refractivity contribution in [3.8, 4) is 0 Å². The molecule has 5 nitrogen and oxygen atoms in total. The Morgan fingerprint density at radius 2 is 2.19 bits per heavy atom. The van der Waals surface area contributed by atoms with Crippen molar-refractivity contribution in [2.75, 3.05) is 26.3 Å². The molecule has 2 saturated heterocycles. The number of carbonyl (C=O) groups excluding carboxylic acids is 1. The predicted molar refractivity (Wildman–Crippen MR) is 79.6 cm³/mol. The summed E-state index contributed by atoms with van der Waals surface area (Å²) in [5.41, 5.74) is 1.11. The van der Waals surface area contributed by atoms with E-state index in [0.717, 1.165) is 51.2 Å². The molecule has 1 aromatic rings. The summed E-state index contributed by atoms with van der Waals surface area (Å²) in [6.07, 6.45) is 4.74. The molecule has 0 saturated carbocycles. The van der Waals surface area contributed by atoms with Crippen molar-refractivity contribution in [3.05, 3.63) is 30.1 Å². The number of carbonyl (C=O) groups is 1. The van der Waals surface area contributed by atoms with E-state index in [9.17, 15) is 4.79 Å². The summed E-state index contributed by atoms with van der Waals surface area (Å²) in [5, 5.41) is 3.18. The molecule has 0 unspecified atom stereocenters. The Morgan fingerprint density at radius 1 is 1.33 bits per heavy atom. The van der Waals surface area contributed by atoms with Crippen molar-refractivity contribution in [1.82, 2.24) is 15.2 Å². The first-order chi connectivity index (χ1) is 10.3. The highest BCUT2D eigenvalue weighted by atomic mass is 16.5. The Morgan fingerprint density at radius 3 is 2.86 bits per heavy atom. The molecule has 1 aromatic heterocycles. The first-order valence-electron chi connectivity index (χ1n) is 7.81. The third-order valence-electron chi connectivity index (χ3n) is 4.35. The molecule has 0 spiro atoms. The van der Waals surface area contributed by atoms with Gasteiger partial charge in [0.05, 0.1) is 18.2 Å². The molecule has 5 heteroatoms. The van der Waals surface area contributed by atoms with Gasteiger partial charge in [-0.25, -0.2) is 0 Å². The van der Waals surface area contributed by atoms with Crippen molar-refractivity contribution in [2.45, 2.75) is 31.8 Å². The Hall–Kier alpha value is -1.46. The molecule has 1 N–H and O–H groups in total. The van der Waals surface area contributed by atoms with Gasteiger partial charge in [0.1, 0.15) is 0 Å². The van der Waals surface area contributed by atoms with Gasteiger partial charge in [-0.2, -0.15) is 0 Å². The van der Waals surface area contributed by atoms with Crippen LogP contribution in [0.3, 0.4) is 0 Å². The average Bonchev–Trinajstić information content (AvgIpc) is 3.05. The van der Waals surface area contributed by atoms with Crippen LogP contribution in [0.2, 0.25) is 0 Å². The third kappa shape index (κ3) is 4.02. The molecule has 1 amide bonds. The minimum Gasteiger partial charge on any atom is -0.381 e. The van der Waals surface area contributed by atoms with E-state index < -0.39 is 0 Å². The summed E-state index contributed by atoms with van der Waals surface area (Å²) in [7, 11) is 0. The first kappa shape index (κ1) is 14.5. The Balaban J connectivity index is 1.41. The molecule has 3 heterocycles. The number of hydrogen-bond acceptors (Lipinski definition) is 4. The Labute approximate surface area is 125 Å². The van der Waals surface area contributed by atoms with Gasteiger partial charge >= 0.3 is 0 Å². The molecule has 3 rings (SSSR count). The maximum Gasteiger partial charge on any atom is 0.225 e. The molecule has 2 aliphatic rings. The minimum atomic E-state index is 0.0662. The third-order valence-corrected chi connectivity index (χ3v) is 4.35. The lowest BCUT2D eigenvalue weighted by molar-refractivity contribution is -0.126. The van der Waals surface area contributed by atoms with E-state index >= 15 is 0 Å². The number of ether oxygens (including phenoxy) is 1. The number of piperidine rings is 1. The lowest BCUT2D eigenvalue weighted by Gasteiger charge is -2.32. The fraction of sp³-hybridized carbons (Fsp3) is 0.625. The number of aromatic nitrogens is 1. The van der Waals surface area contributed by atoms with E-state index in [4.69, 9.17) is 4.74 Å². The van der Waals surface area contributed by atoms with Gasteiger partial charge < -0.3 is 10.1 Å². The highest BCUT2D eigenvalue weighted by Gasteiger charge is 2.27. The Bertz CT molecular complexity index is 452. The largest absolute Gasteiger partial charge is 0.381 e. The minimum absolute atomic E-state index is 0.0662. The zero-order valence-electron chi connectivity index (χ0n) is 12.3. The van der Waals surface area contributed by atoms with Crippen LogP contribution in [0.1, 0.15) is 25.0 Å². The van der Waals surface area contributed by atoms with Gasteiger partial charge in [0.2, 0.25) is 5.91 Å². The molecule has 0 radical (unpaired) electrons. The molecule has 2 fully saturated rings. The Kier molecular flexibility index (Phi) is 4.83. The number of hydrogen-bond donors (Lipinski definition) is 1. The monoisotopic (exact) mass is 289 g/mol. The quantitative estimate of drug-likeness (QED) is 0.905. The van der Waals surface area contributed by atoms with Crippen molar-refractivity contribution < 1.29 is 9.53 Å². The van der Waals surface area contributed by atoms with Crippen LogP contribution in [-0.2, 0) is 16.1 Å². The van der Waals surface area contributed by atoms with E-state index in [2.05, 4.69) is 21.3 Å². The number of rotatable bonds is 4. The lowest BCUT2D eigenvalue weighted by atomic mass is 10.0. The van der Waals surface area contributed by atoms with E-state index in [1.54, 1.807) is 0 Å². The topological polar surface area (TPSA) is 54.5 Å². The summed E-state index contributed by atoms with van der Waals surface area (Å²) in [5.74, 6) is 0.243. The van der Waals surface area contributed by atoms with Crippen LogP contribution in [-0.4, -0.2) is 48.1 Å². The number of nitrogens with zero attached hydrogens (tertiary/aromatic N) is 2. The molecule has 0 aromatic carbocycles. The van der Waals surface area contributed by atoms with E-state index in [1.165, 1.54) is 0 Å². The van der Waals surface area contributed by atoms with Crippen LogP contribution in [0, 0.1) is 5.92 Å². The van der Waals surface area contributed by atoms with E-state index in [0.29, 0.717) is 12.6 Å². The van der Waals surface area contributed by atoms with Gasteiger partial charge in [0, 0.05) is 38.5 Å². The summed E-state index contributed by atoms with van der Waals surface area (Å²) >= 11 is 0. The maximum absolute atomic E-state index is 12.1. The van der Waals surface area contributed by atoms with Gasteiger partial charge in [0.15, 0.2) is 0 Å². The number of pyridine rings is 1. The van der Waals surface area contributed by atoms with Crippen LogP contribution in [0.15, 0.2) is 24.4 Å². The smallest absolute Gasteiger partial charge is 0.225 e. The fourth-order valence-electron chi connectivity index (χ4n) is 3.02. The number of amides is 1. The highest BCUT2D eigenvalue weighted by Crippen LogP contribution is 2.16. The van der Waals surface area contributed by atoms with Crippen LogP contribution in [0.5, 0.6) is 0 Å². The average molecular weight is 289 g/mol. The van der Waals surface area contributed by atoms with Crippen LogP contribution in [0.4, 0.5) is 0 Å². The molecular formula is C16H23N3O2. The lowest BCUT2D eigenvalue weighted by Crippen LogP contribution is -2.46. The highest BCUT2D eigenvalue weighted by molar-refractivity contribution is 5.79. The van der Waals surface area contributed by atoms with Crippen molar-refractivity contribution in [2.24, 2.45) is 5.92 Å². The maximum atomic E-state index is 12.1. The van der Waals surface area contributed by atoms with Crippen molar-refractivity contribution in [3.63, 3.8) is 0 Å². The molecule has 114 valence electrons. The summed E-state index contributed by atoms with van der Waals surface area (Å²) in [6.45, 7) is 4.24. The molecule has 0 aliphatic carbocycles. The predicted octanol–water partition coefficient (Wildman–Crippen LogP) is 1.20. The van der Waals surface area contributed by atoms with Gasteiger partial charge in [-0.15, -0.1) is 0 Å². The van der Waals surface area contributed by atoms with Crippen molar-refractivity contribution in [1.29, 1.82) is 0 Å². The SMILES string of the molecule is O=C(NC1CCN(Cc2ccccn2)CC1)[C@@H]1CCOC1. The van der Waals surface area contributed by atoms with E-state index in [1.807, 2.05) is 18.3 Å². The van der Waals surface area contributed by atoms with E-state index in [-0.39, 0.29) is 11.8 Å². The van der Waals surface area contributed by atoms with Gasteiger partial charge in [0.25, 0.3) is 0 Å². The normalized spacial score (nSPS) is 24.1. The number of nitrogens with one attached hydrogen (secondary N) is 1. The summed E-state index contributed by atoms with van der Waals surface area (Å²) in [6, 6.07) is 6.35. The zero-order chi connectivity index (χ0) is 14.5. The fourth-order valence-corrected chi connectivity index (χ4v) is 3.02. The molecule has 2 aliphatic heterocycles. The standard InChI is InChI=1S/C16H23N3O2/c20-16(13-6-10-21-12-13)18-14-4-8-19(9-5-14)11-15-3-1-2-7-17-15/h1-3,7,13-14H,4-6,8-12H2,(H,18,20)/t13-/m1/s1. The molecular weight excluding hydrogens is 266 g/mol. The van der Waals surface area contributed by atoms with Gasteiger partial charge in [-0.3, -0.25) is 14.7 Å². The van der Waals surface area contributed by atoms with Crippen LogP contribution in [0.25, 0.3) is 0 Å². The second-order valence-corrected chi connectivity index (χ2v) is 5.94.